The highest BCUT2D eigenvalue weighted by Crippen LogP contribution is 2.38. The van der Waals surface area contributed by atoms with E-state index >= 15 is 0 Å². The van der Waals surface area contributed by atoms with E-state index in [0.717, 1.165) is 15.6 Å². The second-order valence-corrected chi connectivity index (χ2v) is 7.22. The summed E-state index contributed by atoms with van der Waals surface area (Å²) in [6.45, 7) is 8.09. The van der Waals surface area contributed by atoms with Gasteiger partial charge in [0.05, 0.1) is 5.69 Å². The molecule has 0 bridgehead atoms. The van der Waals surface area contributed by atoms with Crippen molar-refractivity contribution in [1.82, 2.24) is 9.55 Å². The number of hydrogen-bond acceptors (Lipinski definition) is 4. The van der Waals surface area contributed by atoms with E-state index < -0.39 is 0 Å². The molecule has 1 aromatic carbocycles. The van der Waals surface area contributed by atoms with E-state index in [4.69, 9.17) is 27.9 Å². The van der Waals surface area contributed by atoms with E-state index in [2.05, 4.69) is 18.8 Å². The monoisotopic (exact) mass is 372 g/mol. The molecule has 0 saturated heterocycles. The van der Waals surface area contributed by atoms with E-state index in [0.29, 0.717) is 22.6 Å². The molecule has 0 unspecified atom stereocenters. The third-order valence-electron chi connectivity index (χ3n) is 3.06. The van der Waals surface area contributed by atoms with Crippen molar-refractivity contribution in [2.75, 3.05) is 0 Å². The quantitative estimate of drug-likeness (QED) is 0.658. The lowest BCUT2D eigenvalue weighted by atomic mass is 10.1. The fourth-order valence-electron chi connectivity index (χ4n) is 2.10. The van der Waals surface area contributed by atoms with Crippen LogP contribution in [0.5, 0.6) is 6.01 Å². The summed E-state index contributed by atoms with van der Waals surface area (Å²) in [6, 6.07) is 5.71. The van der Waals surface area contributed by atoms with Gasteiger partial charge in [-0.2, -0.15) is 4.98 Å². The first-order chi connectivity index (χ1) is 10.8. The molecular weight excluding hydrogens is 355 g/mol. The van der Waals surface area contributed by atoms with Gasteiger partial charge in [-0.25, -0.2) is 0 Å². The zero-order chi connectivity index (χ0) is 17.1. The number of esters is 1. The number of hydrogen-bond donors (Lipinski definition) is 0. The fourth-order valence-corrected chi connectivity index (χ4v) is 4.06. The van der Waals surface area contributed by atoms with Gasteiger partial charge in [0.15, 0.2) is 0 Å². The number of nitrogens with zero attached hydrogens (tertiary/aromatic N) is 2. The second-order valence-electron chi connectivity index (χ2n) is 5.28. The van der Waals surface area contributed by atoms with Gasteiger partial charge in [-0.15, -0.1) is 0 Å². The minimum Gasteiger partial charge on any atom is -0.392 e. The summed E-state index contributed by atoms with van der Waals surface area (Å²) in [5.41, 5.74) is 0.879. The lowest BCUT2D eigenvalue weighted by Crippen LogP contribution is -2.08. The molecule has 4 nitrogen and oxygen atoms in total. The molecule has 0 aliphatic carbocycles. The molecule has 23 heavy (non-hydrogen) atoms. The summed E-state index contributed by atoms with van der Waals surface area (Å²) in [4.78, 5) is 16.7. The second kappa shape index (κ2) is 7.60. The molecule has 1 heterocycles. The number of imidazole rings is 1. The maximum absolute atomic E-state index is 11.3. The Morgan fingerprint density at radius 1 is 1.30 bits per heavy atom. The summed E-state index contributed by atoms with van der Waals surface area (Å²) in [7, 11) is 0. The van der Waals surface area contributed by atoms with E-state index in [1.165, 1.54) is 18.7 Å². The maximum Gasteiger partial charge on any atom is 0.310 e. The predicted molar refractivity (Wildman–Crippen MR) is 93.9 cm³/mol. The van der Waals surface area contributed by atoms with Crippen LogP contribution >= 0.6 is 35.0 Å². The Hall–Kier alpha value is -1.17. The van der Waals surface area contributed by atoms with Gasteiger partial charge in [0.2, 0.25) is 0 Å². The van der Waals surface area contributed by atoms with E-state index in [9.17, 15) is 4.79 Å². The summed E-state index contributed by atoms with van der Waals surface area (Å²) < 4.78 is 7.13. The average Bonchev–Trinajstić information content (AvgIpc) is 2.74. The van der Waals surface area contributed by atoms with Gasteiger partial charge < -0.3 is 4.74 Å². The highest BCUT2D eigenvalue weighted by molar-refractivity contribution is 7.99. The molecule has 2 aromatic rings. The van der Waals surface area contributed by atoms with Crippen molar-refractivity contribution < 1.29 is 9.53 Å². The van der Waals surface area contributed by atoms with Gasteiger partial charge in [0, 0.05) is 28.4 Å². The zero-order valence-electron chi connectivity index (χ0n) is 13.4. The van der Waals surface area contributed by atoms with Crippen LogP contribution in [-0.4, -0.2) is 15.5 Å². The Balaban J connectivity index is 2.50. The molecule has 7 heteroatoms. The first-order valence-corrected chi connectivity index (χ1v) is 8.81. The first-order valence-electron chi connectivity index (χ1n) is 7.24. The zero-order valence-corrected chi connectivity index (χ0v) is 15.7. The van der Waals surface area contributed by atoms with Gasteiger partial charge in [-0.05, 0) is 31.0 Å². The van der Waals surface area contributed by atoms with Crippen molar-refractivity contribution in [2.45, 2.75) is 50.1 Å². The third kappa shape index (κ3) is 4.43. The summed E-state index contributed by atoms with van der Waals surface area (Å²) in [6.07, 6.45) is 0. The Bertz CT molecular complexity index is 709. The Morgan fingerprint density at radius 3 is 2.39 bits per heavy atom. The topological polar surface area (TPSA) is 44.1 Å². The summed E-state index contributed by atoms with van der Waals surface area (Å²) >= 11 is 13.7. The summed E-state index contributed by atoms with van der Waals surface area (Å²) in [5.74, 6) is -0.198. The number of rotatable bonds is 5. The molecule has 0 aliphatic rings. The smallest absolute Gasteiger partial charge is 0.310 e. The average molecular weight is 373 g/mol. The van der Waals surface area contributed by atoms with E-state index in [-0.39, 0.29) is 11.9 Å². The van der Waals surface area contributed by atoms with Crippen molar-refractivity contribution in [1.29, 1.82) is 0 Å². The number of halogens is 2. The number of benzene rings is 1. The molecule has 0 radical (unpaired) electrons. The molecule has 0 atom stereocenters. The lowest BCUT2D eigenvalue weighted by molar-refractivity contribution is -0.132. The van der Waals surface area contributed by atoms with Gasteiger partial charge in [0.25, 0.3) is 0 Å². The molecular formula is C16H18Cl2N2O2S. The standard InChI is InChI=1S/C16H18Cl2N2O2S/c1-5-20-15(23-13-7-11(17)6-12(18)8-13)14(9(2)3)19-16(20)22-10(4)21/h6-9H,5H2,1-4H3. The normalized spacial score (nSPS) is 11.1. The van der Waals surface area contributed by atoms with Gasteiger partial charge in [0.1, 0.15) is 5.03 Å². The molecule has 1 aromatic heterocycles. The Morgan fingerprint density at radius 2 is 1.91 bits per heavy atom. The molecule has 0 spiro atoms. The minimum atomic E-state index is -0.387. The van der Waals surface area contributed by atoms with Gasteiger partial charge >= 0.3 is 12.0 Å². The van der Waals surface area contributed by atoms with Crippen LogP contribution in [0.2, 0.25) is 10.0 Å². The number of ether oxygens (including phenoxy) is 1. The molecule has 0 N–H and O–H groups in total. The summed E-state index contributed by atoms with van der Waals surface area (Å²) in [5, 5.41) is 2.08. The van der Waals surface area contributed by atoms with Gasteiger partial charge in [-0.1, -0.05) is 48.8 Å². The maximum atomic E-state index is 11.3. The van der Waals surface area contributed by atoms with Crippen molar-refractivity contribution in [3.05, 3.63) is 33.9 Å². The fraction of sp³-hybridized carbons (Fsp3) is 0.375. The van der Waals surface area contributed by atoms with E-state index in [1.807, 2.05) is 23.6 Å². The lowest BCUT2D eigenvalue weighted by Gasteiger charge is -2.11. The SMILES string of the molecule is CCn1c(OC(C)=O)nc(C(C)C)c1Sc1cc(Cl)cc(Cl)c1. The van der Waals surface area contributed by atoms with Crippen LogP contribution < -0.4 is 4.74 Å². The first kappa shape index (κ1) is 18.2. The molecule has 0 saturated carbocycles. The Labute approximate surface area is 150 Å². The number of carbonyl (C=O) groups excluding carboxylic acids is 1. The largest absolute Gasteiger partial charge is 0.392 e. The third-order valence-corrected chi connectivity index (χ3v) is 4.59. The van der Waals surface area contributed by atoms with Crippen LogP contribution in [0.4, 0.5) is 0 Å². The predicted octanol–water partition coefficient (Wildman–Crippen LogP) is 5.41. The molecule has 2 rings (SSSR count). The van der Waals surface area contributed by atoms with Crippen LogP contribution in [0.25, 0.3) is 0 Å². The minimum absolute atomic E-state index is 0.189. The van der Waals surface area contributed by atoms with Gasteiger partial charge in [-0.3, -0.25) is 9.36 Å². The van der Waals surface area contributed by atoms with Crippen LogP contribution in [0.3, 0.4) is 0 Å². The number of aromatic nitrogens is 2. The molecule has 0 aliphatic heterocycles. The Kier molecular flexibility index (Phi) is 6.00. The molecule has 0 fully saturated rings. The van der Waals surface area contributed by atoms with Crippen LogP contribution in [0.15, 0.2) is 28.1 Å². The van der Waals surface area contributed by atoms with Crippen molar-refractivity contribution in [3.8, 4) is 6.01 Å². The highest BCUT2D eigenvalue weighted by atomic mass is 35.5. The van der Waals surface area contributed by atoms with Crippen LogP contribution in [0.1, 0.15) is 39.3 Å². The molecule has 0 amide bonds. The van der Waals surface area contributed by atoms with Crippen molar-refractivity contribution >= 4 is 40.9 Å². The number of carbonyl (C=O) groups is 1. The van der Waals surface area contributed by atoms with Crippen LogP contribution in [0, 0.1) is 0 Å². The highest BCUT2D eigenvalue weighted by Gasteiger charge is 2.21. The van der Waals surface area contributed by atoms with Crippen molar-refractivity contribution in [2.24, 2.45) is 0 Å². The van der Waals surface area contributed by atoms with E-state index in [1.54, 1.807) is 6.07 Å². The molecule has 124 valence electrons. The van der Waals surface area contributed by atoms with Crippen LogP contribution in [-0.2, 0) is 11.3 Å². The van der Waals surface area contributed by atoms with Crippen molar-refractivity contribution in [3.63, 3.8) is 0 Å².